The first-order valence-electron chi connectivity index (χ1n) is 10.7. The van der Waals surface area contributed by atoms with Gasteiger partial charge in [-0.3, -0.25) is 4.79 Å². The molecule has 1 aromatic heterocycles. The number of rotatable bonds is 8. The Morgan fingerprint density at radius 3 is 2.23 bits per heavy atom. The van der Waals surface area contributed by atoms with E-state index in [0.29, 0.717) is 19.0 Å². The zero-order valence-electron chi connectivity index (χ0n) is 17.6. The molecule has 2 aromatic carbocycles. The molecule has 0 bridgehead atoms. The molecular formula is C26H28NO3+. The number of carbonyl (C=O) groups is 1. The Kier molecular flexibility index (Phi) is 6.12. The molecule has 0 N–H and O–H groups in total. The topological polar surface area (TPSA) is 39.4 Å². The number of Topliss-reactive ketones (excluding diaryl/α,β-unsaturated/α-hetero) is 1. The highest BCUT2D eigenvalue weighted by Gasteiger charge is 2.32. The first-order chi connectivity index (χ1) is 14.7. The second-order valence-corrected chi connectivity index (χ2v) is 7.66. The van der Waals surface area contributed by atoms with Crippen molar-refractivity contribution in [2.24, 2.45) is 5.92 Å². The molecule has 4 nitrogen and oxygen atoms in total. The summed E-state index contributed by atoms with van der Waals surface area (Å²) in [5.74, 6) is 1.56. The first kappa shape index (κ1) is 20.1. The van der Waals surface area contributed by atoms with E-state index >= 15 is 0 Å². The number of benzene rings is 2. The van der Waals surface area contributed by atoms with Crippen LogP contribution < -0.4 is 14.0 Å². The fourth-order valence-corrected chi connectivity index (χ4v) is 4.09. The number of pyridine rings is 1. The van der Waals surface area contributed by atoms with Crippen molar-refractivity contribution >= 4 is 5.78 Å². The summed E-state index contributed by atoms with van der Waals surface area (Å²) in [6.45, 7) is 5.85. The molecule has 4 heteroatoms. The van der Waals surface area contributed by atoms with Crippen molar-refractivity contribution in [3.05, 3.63) is 89.2 Å². The minimum atomic E-state index is -0.0312. The molecule has 0 fully saturated rings. The zero-order valence-corrected chi connectivity index (χ0v) is 17.6. The molecule has 0 saturated carbocycles. The summed E-state index contributed by atoms with van der Waals surface area (Å²) in [5, 5.41) is 0. The molecule has 1 aliphatic rings. The molecule has 154 valence electrons. The second kappa shape index (κ2) is 9.12. The summed E-state index contributed by atoms with van der Waals surface area (Å²) in [5.41, 5.74) is 4.29. The third-order valence-corrected chi connectivity index (χ3v) is 5.52. The van der Waals surface area contributed by atoms with Crippen molar-refractivity contribution in [1.29, 1.82) is 0 Å². The molecule has 30 heavy (non-hydrogen) atoms. The highest BCUT2D eigenvalue weighted by atomic mass is 16.5. The lowest BCUT2D eigenvalue weighted by Crippen LogP contribution is -2.33. The molecule has 1 unspecified atom stereocenters. The maximum atomic E-state index is 13.0. The van der Waals surface area contributed by atoms with Gasteiger partial charge in [0.15, 0.2) is 36.2 Å². The van der Waals surface area contributed by atoms with Gasteiger partial charge in [0.1, 0.15) is 0 Å². The number of ether oxygens (including phenoxy) is 2. The van der Waals surface area contributed by atoms with Gasteiger partial charge in [-0.05, 0) is 49.9 Å². The number of hydrogen-bond acceptors (Lipinski definition) is 3. The smallest absolute Gasteiger partial charge is 0.173 e. The number of aromatic nitrogens is 1. The number of ketones is 1. The Balaban J connectivity index is 1.46. The minimum absolute atomic E-state index is 0.0312. The molecular weight excluding hydrogens is 374 g/mol. The summed E-state index contributed by atoms with van der Waals surface area (Å²) in [7, 11) is 0. The monoisotopic (exact) mass is 402 g/mol. The average Bonchev–Trinajstić information content (AvgIpc) is 3.05. The fraction of sp³-hybridized carbons (Fsp3) is 0.308. The van der Waals surface area contributed by atoms with E-state index in [1.807, 2.05) is 32.0 Å². The Morgan fingerprint density at radius 2 is 1.57 bits per heavy atom. The fourth-order valence-electron chi connectivity index (χ4n) is 4.09. The van der Waals surface area contributed by atoms with Crippen LogP contribution in [0.5, 0.6) is 11.5 Å². The Labute approximate surface area is 178 Å². The third-order valence-electron chi connectivity index (χ3n) is 5.52. The summed E-state index contributed by atoms with van der Waals surface area (Å²) in [4.78, 5) is 13.0. The third kappa shape index (κ3) is 4.38. The van der Waals surface area contributed by atoms with Crippen LogP contribution in [0, 0.1) is 5.92 Å². The SMILES string of the molecule is CCOc1cc2c(cc1OCC)C(=O)C(Cc1cc[n+](Cc3ccccc3)cc1)C2. The second-order valence-electron chi connectivity index (χ2n) is 7.66. The number of nitrogens with zero attached hydrogens (tertiary/aromatic N) is 1. The quantitative estimate of drug-likeness (QED) is 0.524. The van der Waals surface area contributed by atoms with E-state index in [0.717, 1.165) is 36.3 Å². The molecule has 0 amide bonds. The Bertz CT molecular complexity index is 1010. The van der Waals surface area contributed by atoms with Gasteiger partial charge in [0.05, 0.1) is 13.2 Å². The van der Waals surface area contributed by atoms with Crippen LogP contribution in [-0.2, 0) is 19.4 Å². The highest BCUT2D eigenvalue weighted by Crippen LogP contribution is 2.38. The van der Waals surface area contributed by atoms with Crippen molar-refractivity contribution in [2.45, 2.75) is 33.2 Å². The van der Waals surface area contributed by atoms with Crippen molar-refractivity contribution in [3.8, 4) is 11.5 Å². The van der Waals surface area contributed by atoms with Crippen LogP contribution in [0.15, 0.2) is 67.0 Å². The van der Waals surface area contributed by atoms with Crippen molar-refractivity contribution < 1.29 is 18.8 Å². The predicted octanol–water partition coefficient (Wildman–Crippen LogP) is 4.42. The minimum Gasteiger partial charge on any atom is -0.490 e. The maximum Gasteiger partial charge on any atom is 0.173 e. The van der Waals surface area contributed by atoms with Gasteiger partial charge in [0.2, 0.25) is 0 Å². The molecule has 3 aromatic rings. The molecule has 1 heterocycles. The van der Waals surface area contributed by atoms with E-state index in [1.54, 1.807) is 0 Å². The van der Waals surface area contributed by atoms with Crippen molar-refractivity contribution in [2.75, 3.05) is 13.2 Å². The predicted molar refractivity (Wildman–Crippen MR) is 116 cm³/mol. The molecule has 0 aliphatic heterocycles. The molecule has 0 radical (unpaired) electrons. The molecule has 1 atom stereocenters. The van der Waals surface area contributed by atoms with Gasteiger partial charge in [-0.25, -0.2) is 4.57 Å². The molecule has 4 rings (SSSR count). The molecule has 1 aliphatic carbocycles. The molecule has 0 saturated heterocycles. The van der Waals surface area contributed by atoms with Gasteiger partial charge < -0.3 is 9.47 Å². The normalized spacial score (nSPS) is 15.1. The van der Waals surface area contributed by atoms with E-state index in [2.05, 4.69) is 53.4 Å². The van der Waals surface area contributed by atoms with E-state index in [4.69, 9.17) is 9.47 Å². The van der Waals surface area contributed by atoms with E-state index < -0.39 is 0 Å². The van der Waals surface area contributed by atoms with Gasteiger partial charge in [-0.15, -0.1) is 0 Å². The Morgan fingerprint density at radius 1 is 0.900 bits per heavy atom. The summed E-state index contributed by atoms with van der Waals surface area (Å²) in [6.07, 6.45) is 5.68. The van der Waals surface area contributed by atoms with Crippen LogP contribution in [0.4, 0.5) is 0 Å². The lowest BCUT2D eigenvalue weighted by Gasteiger charge is -2.12. The van der Waals surface area contributed by atoms with Crippen LogP contribution in [-0.4, -0.2) is 19.0 Å². The summed E-state index contributed by atoms with van der Waals surface area (Å²) in [6, 6.07) is 18.5. The van der Waals surface area contributed by atoms with E-state index in [9.17, 15) is 4.79 Å². The highest BCUT2D eigenvalue weighted by molar-refractivity contribution is 6.03. The average molecular weight is 403 g/mol. The van der Waals surface area contributed by atoms with Gasteiger partial charge >= 0.3 is 0 Å². The van der Waals surface area contributed by atoms with E-state index in [-0.39, 0.29) is 11.7 Å². The van der Waals surface area contributed by atoms with Gasteiger partial charge in [-0.2, -0.15) is 0 Å². The van der Waals surface area contributed by atoms with Crippen LogP contribution in [0.25, 0.3) is 0 Å². The summed E-state index contributed by atoms with van der Waals surface area (Å²) < 4.78 is 13.6. The maximum absolute atomic E-state index is 13.0. The van der Waals surface area contributed by atoms with Crippen LogP contribution in [0.2, 0.25) is 0 Å². The van der Waals surface area contributed by atoms with Crippen molar-refractivity contribution in [3.63, 3.8) is 0 Å². The van der Waals surface area contributed by atoms with E-state index in [1.165, 1.54) is 11.1 Å². The standard InChI is InChI=1S/C26H28NO3/c1-3-29-24-16-21-15-22(26(28)23(21)17-25(24)30-4-2)14-19-10-12-27(13-11-19)18-20-8-6-5-7-9-20/h5-13,16-17,22H,3-4,14-15,18H2,1-2H3/q+1. The first-order valence-corrected chi connectivity index (χ1v) is 10.7. The van der Waals surface area contributed by atoms with Crippen LogP contribution >= 0.6 is 0 Å². The molecule has 0 spiro atoms. The summed E-state index contributed by atoms with van der Waals surface area (Å²) >= 11 is 0. The Hall–Kier alpha value is -3.14. The number of carbonyl (C=O) groups excluding carboxylic acids is 1. The van der Waals surface area contributed by atoms with Crippen LogP contribution in [0.3, 0.4) is 0 Å². The van der Waals surface area contributed by atoms with Crippen molar-refractivity contribution in [1.82, 2.24) is 0 Å². The largest absolute Gasteiger partial charge is 0.490 e. The lowest BCUT2D eigenvalue weighted by atomic mass is 9.96. The van der Waals surface area contributed by atoms with Crippen LogP contribution in [0.1, 0.15) is 40.9 Å². The lowest BCUT2D eigenvalue weighted by molar-refractivity contribution is -0.688. The van der Waals surface area contributed by atoms with Gasteiger partial charge in [0, 0.05) is 29.2 Å². The number of hydrogen-bond donors (Lipinski definition) is 0. The zero-order chi connectivity index (χ0) is 20.9. The van der Waals surface area contributed by atoms with Gasteiger partial charge in [0.25, 0.3) is 0 Å². The number of fused-ring (bicyclic) bond motifs is 1. The van der Waals surface area contributed by atoms with Gasteiger partial charge in [-0.1, -0.05) is 30.3 Å².